The van der Waals surface area contributed by atoms with Crippen LogP contribution in [0.25, 0.3) is 16.7 Å². The number of carbonyl (C=O) groups excluding carboxylic acids is 1. The van der Waals surface area contributed by atoms with E-state index < -0.39 is 9.84 Å². The normalized spacial score (nSPS) is 11.6. The molecule has 0 atom stereocenters. The van der Waals surface area contributed by atoms with Crippen LogP contribution in [0.4, 0.5) is 11.6 Å². The van der Waals surface area contributed by atoms with Gasteiger partial charge in [0, 0.05) is 48.9 Å². The number of hydrogen-bond donors (Lipinski definition) is 3. The van der Waals surface area contributed by atoms with Crippen LogP contribution in [0.1, 0.15) is 25.7 Å². The average molecular weight is 484 g/mol. The highest BCUT2D eigenvalue weighted by Gasteiger charge is 2.11. The van der Waals surface area contributed by atoms with Gasteiger partial charge in [0.05, 0.1) is 16.8 Å². The smallest absolute Gasteiger partial charge is 0.243 e. The maximum atomic E-state index is 11.7. The largest absolute Gasteiger partial charge is 0.321 e. The van der Waals surface area contributed by atoms with Crippen LogP contribution in [0, 0.1) is 0 Å². The minimum Gasteiger partial charge on any atom is -0.321 e. The van der Waals surface area contributed by atoms with Gasteiger partial charge in [0.15, 0.2) is 9.84 Å². The summed E-state index contributed by atoms with van der Waals surface area (Å²) in [5.74, 6) is 0.0365. The summed E-state index contributed by atoms with van der Waals surface area (Å²) < 4.78 is 27.1. The summed E-state index contributed by atoms with van der Waals surface area (Å²) in [6.07, 6.45) is 11.0. The third-order valence-electron chi connectivity index (χ3n) is 5.28. The Hall–Kier alpha value is -3.77. The fourth-order valence-electron chi connectivity index (χ4n) is 3.51. The quantitative estimate of drug-likeness (QED) is 0.177. The van der Waals surface area contributed by atoms with Gasteiger partial charge in [-0.2, -0.15) is 10.1 Å². The molecule has 12 heteroatoms. The number of carbonyl (C=O) groups is 1. The second-order valence-corrected chi connectivity index (χ2v) is 9.90. The number of nitrogens with one attached hydrogen (secondary N) is 2. The lowest BCUT2D eigenvalue weighted by Gasteiger charge is -2.07. The topological polar surface area (TPSA) is 144 Å². The molecule has 0 saturated heterocycles. The van der Waals surface area contributed by atoms with Crippen LogP contribution in [0.15, 0.2) is 60.0 Å². The van der Waals surface area contributed by atoms with Crippen molar-refractivity contribution in [2.75, 3.05) is 11.6 Å². The monoisotopic (exact) mass is 483 g/mol. The van der Waals surface area contributed by atoms with Crippen molar-refractivity contribution in [2.45, 2.75) is 37.1 Å². The lowest BCUT2D eigenvalue weighted by Crippen LogP contribution is -2.17. The number of benzene rings is 1. The fraction of sp³-hybridized carbons (Fsp3) is 0.273. The van der Waals surface area contributed by atoms with Gasteiger partial charge in [0.25, 0.3) is 0 Å². The van der Waals surface area contributed by atoms with E-state index in [-0.39, 0.29) is 10.8 Å². The molecule has 0 bridgehead atoms. The molecule has 1 amide bonds. The first kappa shape index (κ1) is 23.4. The third-order valence-corrected chi connectivity index (χ3v) is 6.40. The zero-order valence-corrected chi connectivity index (χ0v) is 19.4. The van der Waals surface area contributed by atoms with Crippen LogP contribution in [-0.2, 0) is 21.2 Å². The van der Waals surface area contributed by atoms with E-state index in [9.17, 15) is 13.2 Å². The second-order valence-electron chi connectivity index (χ2n) is 7.89. The highest BCUT2D eigenvalue weighted by atomic mass is 32.2. The average Bonchev–Trinajstić information content (AvgIpc) is 3.44. The van der Waals surface area contributed by atoms with Crippen molar-refractivity contribution < 1.29 is 18.4 Å². The van der Waals surface area contributed by atoms with Crippen molar-refractivity contribution in [1.29, 1.82) is 0 Å². The van der Waals surface area contributed by atoms with E-state index in [0.29, 0.717) is 31.0 Å². The summed E-state index contributed by atoms with van der Waals surface area (Å²) in [6.45, 7) is 0.703. The van der Waals surface area contributed by atoms with Gasteiger partial charge in [-0.3, -0.25) is 14.7 Å². The van der Waals surface area contributed by atoms with Gasteiger partial charge in [-0.15, -0.1) is 0 Å². The Labute approximate surface area is 196 Å². The molecule has 0 aliphatic heterocycles. The van der Waals surface area contributed by atoms with Crippen LogP contribution in [-0.4, -0.2) is 50.1 Å². The minimum absolute atomic E-state index is 0.261. The molecule has 0 aliphatic carbocycles. The van der Waals surface area contributed by atoms with Crippen molar-refractivity contribution in [3.63, 3.8) is 0 Å². The molecule has 0 unspecified atom stereocenters. The van der Waals surface area contributed by atoms with E-state index in [1.807, 2.05) is 23.0 Å². The molecule has 4 aromatic rings. The Kier molecular flexibility index (Phi) is 6.89. The molecule has 1 aromatic carbocycles. The van der Waals surface area contributed by atoms with Crippen molar-refractivity contribution in [1.82, 2.24) is 29.8 Å². The molecule has 3 N–H and O–H groups in total. The Morgan fingerprint density at radius 1 is 1.09 bits per heavy atom. The molecule has 0 fully saturated rings. The first-order chi connectivity index (χ1) is 16.3. The Bertz CT molecular complexity index is 1390. The van der Waals surface area contributed by atoms with Gasteiger partial charge >= 0.3 is 0 Å². The van der Waals surface area contributed by atoms with E-state index >= 15 is 0 Å². The first-order valence-corrected chi connectivity index (χ1v) is 12.6. The molecule has 11 nitrogen and oxygen atoms in total. The summed E-state index contributed by atoms with van der Waals surface area (Å²) in [7, 11) is -3.26. The molecule has 0 radical (unpaired) electrons. The van der Waals surface area contributed by atoms with Gasteiger partial charge in [0.1, 0.15) is 5.65 Å². The van der Waals surface area contributed by atoms with Crippen molar-refractivity contribution in [3.05, 3.63) is 55.1 Å². The number of rotatable bonds is 10. The standard InChI is InChI=1S/C22H25N7O4S/c1-34(32,33)19-8-6-18(7-9-19)29-12-10-16-13-23-22(26-21(16)29)25-17-14-24-28(15-17)11-4-2-3-5-20(30)27-31/h6-10,12-15,31H,2-5,11H2,1H3,(H,27,30)(H,23,25,26). The summed E-state index contributed by atoms with van der Waals surface area (Å²) in [5, 5.41) is 16.8. The van der Waals surface area contributed by atoms with E-state index in [1.165, 1.54) is 6.26 Å². The molecule has 178 valence electrons. The molecule has 3 aromatic heterocycles. The SMILES string of the molecule is CS(=O)(=O)c1ccc(-n2ccc3cnc(Nc4cnn(CCCCCC(=O)NO)c4)nc32)cc1. The number of nitrogens with zero attached hydrogens (tertiary/aromatic N) is 5. The number of fused-ring (bicyclic) bond motifs is 1. The van der Waals surface area contributed by atoms with Crippen LogP contribution in [0.2, 0.25) is 0 Å². The molecule has 0 spiro atoms. The Morgan fingerprint density at radius 3 is 2.62 bits per heavy atom. The maximum absolute atomic E-state index is 11.7. The summed E-state index contributed by atoms with van der Waals surface area (Å²) in [6, 6.07) is 8.53. The van der Waals surface area contributed by atoms with Crippen LogP contribution >= 0.6 is 0 Å². The zero-order valence-electron chi connectivity index (χ0n) is 18.5. The number of anilines is 2. The molecular weight excluding hydrogens is 458 g/mol. The maximum Gasteiger partial charge on any atom is 0.243 e. The number of sulfone groups is 1. The van der Waals surface area contributed by atoms with E-state index in [1.54, 1.807) is 46.8 Å². The fourth-order valence-corrected chi connectivity index (χ4v) is 4.14. The Morgan fingerprint density at radius 2 is 1.88 bits per heavy atom. The van der Waals surface area contributed by atoms with E-state index in [4.69, 9.17) is 5.21 Å². The van der Waals surface area contributed by atoms with Crippen LogP contribution in [0.5, 0.6) is 0 Å². The van der Waals surface area contributed by atoms with Gasteiger partial charge in [-0.05, 0) is 43.2 Å². The minimum atomic E-state index is -3.26. The highest BCUT2D eigenvalue weighted by Crippen LogP contribution is 2.22. The lowest BCUT2D eigenvalue weighted by atomic mass is 10.2. The number of amides is 1. The van der Waals surface area contributed by atoms with E-state index in [0.717, 1.165) is 29.6 Å². The zero-order chi connectivity index (χ0) is 24.1. The molecule has 0 saturated carbocycles. The third kappa shape index (κ3) is 5.58. The number of unbranched alkanes of at least 4 members (excludes halogenated alkanes) is 2. The molecule has 0 aliphatic rings. The lowest BCUT2D eigenvalue weighted by molar-refractivity contribution is -0.129. The van der Waals surface area contributed by atoms with Crippen LogP contribution in [0.3, 0.4) is 0 Å². The number of aryl methyl sites for hydroxylation is 1. The van der Waals surface area contributed by atoms with Crippen molar-refractivity contribution in [2.24, 2.45) is 0 Å². The Balaban J connectivity index is 1.42. The number of hydrogen-bond acceptors (Lipinski definition) is 8. The number of hydroxylamine groups is 1. The molecular formula is C22H25N7O4S. The predicted octanol–water partition coefficient (Wildman–Crippen LogP) is 2.83. The predicted molar refractivity (Wildman–Crippen MR) is 126 cm³/mol. The summed E-state index contributed by atoms with van der Waals surface area (Å²) >= 11 is 0. The van der Waals surface area contributed by atoms with E-state index in [2.05, 4.69) is 20.4 Å². The van der Waals surface area contributed by atoms with Gasteiger partial charge in [0.2, 0.25) is 11.9 Å². The molecule has 3 heterocycles. The van der Waals surface area contributed by atoms with Crippen molar-refractivity contribution >= 4 is 38.4 Å². The number of aromatic nitrogens is 5. The first-order valence-electron chi connectivity index (χ1n) is 10.7. The summed E-state index contributed by atoms with van der Waals surface area (Å²) in [4.78, 5) is 20.3. The molecule has 34 heavy (non-hydrogen) atoms. The van der Waals surface area contributed by atoms with Crippen LogP contribution < -0.4 is 10.8 Å². The van der Waals surface area contributed by atoms with Gasteiger partial charge in [-0.1, -0.05) is 6.42 Å². The van der Waals surface area contributed by atoms with Gasteiger partial charge < -0.3 is 9.88 Å². The summed E-state index contributed by atoms with van der Waals surface area (Å²) in [5.41, 5.74) is 3.85. The van der Waals surface area contributed by atoms with Crippen molar-refractivity contribution in [3.8, 4) is 5.69 Å². The molecule has 4 rings (SSSR count). The highest BCUT2D eigenvalue weighted by molar-refractivity contribution is 7.90. The van der Waals surface area contributed by atoms with Gasteiger partial charge in [-0.25, -0.2) is 18.9 Å². The second kappa shape index (κ2) is 10.0.